The van der Waals surface area contributed by atoms with Crippen LogP contribution in [0.15, 0.2) is 41.4 Å². The van der Waals surface area contributed by atoms with Gasteiger partial charge < -0.3 is 9.84 Å². The second kappa shape index (κ2) is 6.14. The van der Waals surface area contributed by atoms with Gasteiger partial charge in [-0.15, -0.1) is 0 Å². The predicted octanol–water partition coefficient (Wildman–Crippen LogP) is 3.82. The molecule has 0 saturated carbocycles. The number of aromatic hydroxyl groups is 1. The second-order valence-corrected chi connectivity index (χ2v) is 4.01. The first-order valence-corrected chi connectivity index (χ1v) is 6.05. The van der Waals surface area contributed by atoms with Crippen LogP contribution in [0.25, 0.3) is 0 Å². The number of phenols is 1. The van der Waals surface area contributed by atoms with Gasteiger partial charge in [-0.25, -0.2) is 8.78 Å². The summed E-state index contributed by atoms with van der Waals surface area (Å²) in [6.07, 6.45) is 1.37. The molecule has 2 aromatic carbocycles. The van der Waals surface area contributed by atoms with E-state index in [4.69, 9.17) is 4.74 Å². The summed E-state index contributed by atoms with van der Waals surface area (Å²) >= 11 is 0. The van der Waals surface area contributed by atoms with E-state index >= 15 is 0 Å². The number of rotatable bonds is 4. The van der Waals surface area contributed by atoms with Gasteiger partial charge in [0.1, 0.15) is 11.5 Å². The van der Waals surface area contributed by atoms with E-state index in [-0.39, 0.29) is 11.4 Å². The van der Waals surface area contributed by atoms with Crippen molar-refractivity contribution in [2.45, 2.75) is 6.92 Å². The lowest BCUT2D eigenvalue weighted by Crippen LogP contribution is -1.92. The molecule has 0 saturated heterocycles. The molecule has 0 aliphatic carbocycles. The molecule has 0 spiro atoms. The van der Waals surface area contributed by atoms with Crippen LogP contribution in [0.5, 0.6) is 11.5 Å². The molecule has 0 atom stereocenters. The van der Waals surface area contributed by atoms with Crippen molar-refractivity contribution in [3.8, 4) is 11.5 Å². The molecule has 2 aromatic rings. The van der Waals surface area contributed by atoms with Gasteiger partial charge in [0, 0.05) is 23.9 Å². The Hall–Kier alpha value is -2.43. The van der Waals surface area contributed by atoms with Crippen LogP contribution in [0.2, 0.25) is 0 Å². The van der Waals surface area contributed by atoms with Gasteiger partial charge in [0.2, 0.25) is 0 Å². The monoisotopic (exact) mass is 277 g/mol. The van der Waals surface area contributed by atoms with Crippen molar-refractivity contribution in [2.75, 3.05) is 6.61 Å². The number of aliphatic imine (C=N–C) groups is 1. The summed E-state index contributed by atoms with van der Waals surface area (Å²) in [5, 5.41) is 9.79. The Kier molecular flexibility index (Phi) is 4.30. The van der Waals surface area contributed by atoms with Gasteiger partial charge in [-0.3, -0.25) is 4.99 Å². The lowest BCUT2D eigenvalue weighted by Gasteiger charge is -2.04. The van der Waals surface area contributed by atoms with Gasteiger partial charge >= 0.3 is 0 Å². The number of hydrogen-bond donors (Lipinski definition) is 1. The number of nitrogens with zero attached hydrogens (tertiary/aromatic N) is 1. The van der Waals surface area contributed by atoms with Gasteiger partial charge in [-0.05, 0) is 31.2 Å². The molecule has 0 aromatic heterocycles. The van der Waals surface area contributed by atoms with E-state index in [1.165, 1.54) is 18.3 Å². The van der Waals surface area contributed by atoms with Crippen molar-refractivity contribution < 1.29 is 18.6 Å². The molecule has 0 radical (unpaired) electrons. The summed E-state index contributed by atoms with van der Waals surface area (Å²) < 4.78 is 31.0. The molecule has 0 heterocycles. The highest BCUT2D eigenvalue weighted by atomic mass is 19.2. The average molecular weight is 277 g/mol. The van der Waals surface area contributed by atoms with Crippen LogP contribution in [0, 0.1) is 11.6 Å². The summed E-state index contributed by atoms with van der Waals surface area (Å²) in [6, 6.07) is 8.12. The number of hydrogen-bond acceptors (Lipinski definition) is 3. The van der Waals surface area contributed by atoms with Gasteiger partial charge in [-0.2, -0.15) is 0 Å². The molecular formula is C15H13F2NO2. The van der Waals surface area contributed by atoms with Crippen LogP contribution >= 0.6 is 0 Å². The first-order valence-electron chi connectivity index (χ1n) is 6.05. The zero-order valence-electron chi connectivity index (χ0n) is 10.8. The van der Waals surface area contributed by atoms with Gasteiger partial charge in [-0.1, -0.05) is 0 Å². The third-order valence-electron chi connectivity index (χ3n) is 2.57. The second-order valence-electron chi connectivity index (χ2n) is 4.01. The van der Waals surface area contributed by atoms with E-state index in [0.29, 0.717) is 17.9 Å². The molecule has 1 N–H and O–H groups in total. The molecule has 0 aliphatic heterocycles. The van der Waals surface area contributed by atoms with Crippen LogP contribution in [0.4, 0.5) is 14.5 Å². The van der Waals surface area contributed by atoms with Gasteiger partial charge in [0.05, 0.1) is 12.3 Å². The van der Waals surface area contributed by atoms with Crippen molar-refractivity contribution in [1.29, 1.82) is 0 Å². The first kappa shape index (κ1) is 14.0. The number of phenolic OH excluding ortho intramolecular Hbond substituents is 1. The summed E-state index contributed by atoms with van der Waals surface area (Å²) in [7, 11) is 0. The molecule has 3 nitrogen and oxygen atoms in total. The maximum Gasteiger partial charge on any atom is 0.160 e. The van der Waals surface area contributed by atoms with Crippen molar-refractivity contribution in [3.63, 3.8) is 0 Å². The van der Waals surface area contributed by atoms with Crippen molar-refractivity contribution in [1.82, 2.24) is 0 Å². The molecule has 0 aliphatic rings. The fourth-order valence-electron chi connectivity index (χ4n) is 1.60. The number of benzene rings is 2. The zero-order valence-corrected chi connectivity index (χ0v) is 10.8. The smallest absolute Gasteiger partial charge is 0.160 e. The van der Waals surface area contributed by atoms with E-state index in [0.717, 1.165) is 12.1 Å². The Morgan fingerprint density at radius 3 is 2.60 bits per heavy atom. The Balaban J connectivity index is 2.20. The molecule has 5 heteroatoms. The standard InChI is InChI=1S/C15H13F2NO2/c1-2-20-12-5-3-10(15(19)8-12)9-18-11-4-6-13(16)14(17)7-11/h3-9,19H,2H2,1H3. The lowest BCUT2D eigenvalue weighted by molar-refractivity contribution is 0.337. The molecule has 104 valence electrons. The fraction of sp³-hybridized carbons (Fsp3) is 0.133. The minimum absolute atomic E-state index is 0.00211. The Morgan fingerprint density at radius 2 is 1.95 bits per heavy atom. The third-order valence-corrected chi connectivity index (χ3v) is 2.57. The highest BCUT2D eigenvalue weighted by Crippen LogP contribution is 2.23. The van der Waals surface area contributed by atoms with Gasteiger partial charge in [0.15, 0.2) is 11.6 Å². The molecular weight excluding hydrogens is 264 g/mol. The largest absolute Gasteiger partial charge is 0.507 e. The van der Waals surface area contributed by atoms with E-state index in [2.05, 4.69) is 4.99 Å². The topological polar surface area (TPSA) is 41.8 Å². The Morgan fingerprint density at radius 1 is 1.15 bits per heavy atom. The van der Waals surface area contributed by atoms with Crippen LogP contribution in [-0.2, 0) is 0 Å². The highest BCUT2D eigenvalue weighted by Gasteiger charge is 2.03. The first-order chi connectivity index (χ1) is 9.60. The number of halogens is 2. The minimum Gasteiger partial charge on any atom is -0.507 e. The van der Waals surface area contributed by atoms with E-state index < -0.39 is 11.6 Å². The quantitative estimate of drug-likeness (QED) is 0.863. The highest BCUT2D eigenvalue weighted by molar-refractivity contribution is 5.85. The summed E-state index contributed by atoms with van der Waals surface area (Å²) in [6.45, 7) is 2.34. The zero-order chi connectivity index (χ0) is 14.5. The van der Waals surface area contributed by atoms with Crippen molar-refractivity contribution in [2.24, 2.45) is 4.99 Å². The predicted molar refractivity (Wildman–Crippen MR) is 72.9 cm³/mol. The van der Waals surface area contributed by atoms with E-state index in [9.17, 15) is 13.9 Å². The van der Waals surface area contributed by atoms with E-state index in [1.807, 2.05) is 6.92 Å². The fourth-order valence-corrected chi connectivity index (χ4v) is 1.60. The maximum atomic E-state index is 13.0. The summed E-state index contributed by atoms with van der Waals surface area (Å²) in [5.41, 5.74) is 0.718. The number of ether oxygens (including phenoxy) is 1. The van der Waals surface area contributed by atoms with Crippen LogP contribution in [-0.4, -0.2) is 17.9 Å². The van der Waals surface area contributed by atoms with Crippen LogP contribution in [0.1, 0.15) is 12.5 Å². The molecule has 20 heavy (non-hydrogen) atoms. The summed E-state index contributed by atoms with van der Waals surface area (Å²) in [4.78, 5) is 3.98. The van der Waals surface area contributed by atoms with Gasteiger partial charge in [0.25, 0.3) is 0 Å². The van der Waals surface area contributed by atoms with Crippen molar-refractivity contribution >= 4 is 11.9 Å². The third kappa shape index (κ3) is 3.32. The van der Waals surface area contributed by atoms with Crippen LogP contribution in [0.3, 0.4) is 0 Å². The SMILES string of the molecule is CCOc1ccc(C=Nc2ccc(F)c(F)c2)c(O)c1. The summed E-state index contributed by atoms with van der Waals surface area (Å²) in [5.74, 6) is -1.33. The van der Waals surface area contributed by atoms with E-state index in [1.54, 1.807) is 12.1 Å². The van der Waals surface area contributed by atoms with Crippen molar-refractivity contribution in [3.05, 3.63) is 53.6 Å². The Labute approximate surface area is 115 Å². The molecule has 0 bridgehead atoms. The average Bonchev–Trinajstić information content (AvgIpc) is 2.42. The van der Waals surface area contributed by atoms with Crippen LogP contribution < -0.4 is 4.74 Å². The Bertz CT molecular complexity index is 642. The molecule has 0 unspecified atom stereocenters. The maximum absolute atomic E-state index is 13.0. The lowest BCUT2D eigenvalue weighted by atomic mass is 10.2. The normalized spacial score (nSPS) is 10.9. The minimum atomic E-state index is -0.962. The molecule has 2 rings (SSSR count). The molecule has 0 amide bonds. The molecule has 0 fully saturated rings.